The predicted molar refractivity (Wildman–Crippen MR) is 73.7 cm³/mol. The van der Waals surface area contributed by atoms with Gasteiger partial charge in [0.1, 0.15) is 11.3 Å². The Hall–Kier alpha value is -1.82. The monoisotopic (exact) mass is 324 g/mol. The molecule has 0 radical (unpaired) electrons. The van der Waals surface area contributed by atoms with Crippen molar-refractivity contribution in [2.45, 2.75) is 13.5 Å². The van der Waals surface area contributed by atoms with Crippen LogP contribution in [0.4, 0.5) is 0 Å². The molecular weight excluding hydrogens is 312 g/mol. The van der Waals surface area contributed by atoms with E-state index in [1.54, 1.807) is 18.7 Å². The lowest BCUT2D eigenvalue weighted by Crippen LogP contribution is -2.02. The minimum absolute atomic E-state index is 0.221. The van der Waals surface area contributed by atoms with Gasteiger partial charge in [0.25, 0.3) is 0 Å². The first kappa shape index (κ1) is 13.6. The zero-order valence-corrected chi connectivity index (χ0v) is 12.1. The first-order valence-corrected chi connectivity index (χ1v) is 6.40. The van der Waals surface area contributed by atoms with Crippen LogP contribution in [0.3, 0.4) is 0 Å². The van der Waals surface area contributed by atoms with Gasteiger partial charge in [-0.05, 0) is 30.7 Å². The van der Waals surface area contributed by atoms with Gasteiger partial charge in [-0.2, -0.15) is 5.10 Å². The second kappa shape index (κ2) is 5.44. The number of hydrogen-bond acceptors (Lipinski definition) is 3. The zero-order chi connectivity index (χ0) is 14.0. The maximum absolute atomic E-state index is 11.0. The number of halogens is 1. The highest BCUT2D eigenvalue weighted by atomic mass is 79.9. The lowest BCUT2D eigenvalue weighted by atomic mass is 10.2. The molecule has 2 aromatic rings. The van der Waals surface area contributed by atoms with Gasteiger partial charge < -0.3 is 9.84 Å². The summed E-state index contributed by atoms with van der Waals surface area (Å²) in [4.78, 5) is 11.0. The number of carboxylic acid groups (broad SMARTS) is 1. The third-order valence-corrected chi connectivity index (χ3v) is 3.54. The van der Waals surface area contributed by atoms with E-state index in [4.69, 9.17) is 9.84 Å². The van der Waals surface area contributed by atoms with Crippen molar-refractivity contribution in [3.63, 3.8) is 0 Å². The SMILES string of the molecule is COc1ccc(Br)c(Cn2cc(C(=O)O)c(C)n2)c1. The van der Waals surface area contributed by atoms with Crippen LogP contribution in [0.2, 0.25) is 0 Å². The molecule has 2 rings (SSSR count). The third kappa shape index (κ3) is 2.96. The van der Waals surface area contributed by atoms with E-state index in [1.807, 2.05) is 18.2 Å². The molecule has 0 fully saturated rings. The van der Waals surface area contributed by atoms with Crippen LogP contribution in [0, 0.1) is 6.92 Å². The Morgan fingerprint density at radius 2 is 2.26 bits per heavy atom. The third-order valence-electron chi connectivity index (χ3n) is 2.76. The molecule has 0 aliphatic rings. The fraction of sp³-hybridized carbons (Fsp3) is 0.231. The highest BCUT2D eigenvalue weighted by molar-refractivity contribution is 9.10. The van der Waals surface area contributed by atoms with Crippen LogP contribution in [0.5, 0.6) is 5.75 Å². The summed E-state index contributed by atoms with van der Waals surface area (Å²) in [5, 5.41) is 13.2. The normalized spacial score (nSPS) is 10.5. The second-order valence-corrected chi connectivity index (χ2v) is 4.94. The Labute approximate surface area is 118 Å². The maximum atomic E-state index is 11.0. The van der Waals surface area contributed by atoms with Crippen LogP contribution in [-0.2, 0) is 6.54 Å². The van der Waals surface area contributed by atoms with E-state index >= 15 is 0 Å². The van der Waals surface area contributed by atoms with E-state index < -0.39 is 5.97 Å². The molecule has 19 heavy (non-hydrogen) atoms. The number of benzene rings is 1. The Balaban J connectivity index is 2.30. The fourth-order valence-electron chi connectivity index (χ4n) is 1.78. The number of rotatable bonds is 4. The molecule has 0 atom stereocenters. The summed E-state index contributed by atoms with van der Waals surface area (Å²) < 4.78 is 7.71. The number of methoxy groups -OCH3 is 1. The van der Waals surface area contributed by atoms with Gasteiger partial charge in [-0.3, -0.25) is 4.68 Å². The molecule has 0 unspecified atom stereocenters. The number of carbonyl (C=O) groups is 1. The number of aryl methyl sites for hydroxylation is 1. The molecule has 0 aliphatic heterocycles. The van der Waals surface area contributed by atoms with Gasteiger partial charge in [-0.15, -0.1) is 0 Å². The number of nitrogens with zero attached hydrogens (tertiary/aromatic N) is 2. The molecule has 5 nitrogen and oxygen atoms in total. The van der Waals surface area contributed by atoms with Gasteiger partial charge in [0.05, 0.1) is 19.3 Å². The molecule has 0 aliphatic carbocycles. The first-order chi connectivity index (χ1) is 9.01. The fourth-order valence-corrected chi connectivity index (χ4v) is 2.15. The average Bonchev–Trinajstić information content (AvgIpc) is 2.73. The summed E-state index contributed by atoms with van der Waals surface area (Å²) in [7, 11) is 1.60. The zero-order valence-electron chi connectivity index (χ0n) is 10.6. The minimum atomic E-state index is -0.964. The molecule has 1 N–H and O–H groups in total. The molecule has 100 valence electrons. The standard InChI is InChI=1S/C13H13BrN2O3/c1-8-11(13(17)18)7-16(15-8)6-9-5-10(19-2)3-4-12(9)14/h3-5,7H,6H2,1-2H3,(H,17,18). The molecule has 1 aromatic heterocycles. The van der Waals surface area contributed by atoms with Gasteiger partial charge in [0.15, 0.2) is 0 Å². The summed E-state index contributed by atoms with van der Waals surface area (Å²) in [5.74, 6) is -0.214. The number of aromatic nitrogens is 2. The van der Waals surface area contributed by atoms with E-state index in [9.17, 15) is 4.79 Å². The smallest absolute Gasteiger partial charge is 0.339 e. The van der Waals surface area contributed by atoms with Gasteiger partial charge in [0, 0.05) is 10.7 Å². The van der Waals surface area contributed by atoms with Gasteiger partial charge in [-0.1, -0.05) is 15.9 Å². The van der Waals surface area contributed by atoms with Crippen molar-refractivity contribution in [3.05, 3.63) is 45.7 Å². The topological polar surface area (TPSA) is 64.3 Å². The Kier molecular flexibility index (Phi) is 3.90. The van der Waals surface area contributed by atoms with Crippen LogP contribution in [0.25, 0.3) is 0 Å². The number of hydrogen-bond donors (Lipinski definition) is 1. The molecule has 0 spiro atoms. The largest absolute Gasteiger partial charge is 0.497 e. The van der Waals surface area contributed by atoms with Crippen molar-refractivity contribution in [1.82, 2.24) is 9.78 Å². The Morgan fingerprint density at radius 1 is 1.53 bits per heavy atom. The molecular formula is C13H13BrN2O3. The van der Waals surface area contributed by atoms with Gasteiger partial charge in [0.2, 0.25) is 0 Å². The molecule has 1 aromatic carbocycles. The minimum Gasteiger partial charge on any atom is -0.497 e. The van der Waals surface area contributed by atoms with Crippen LogP contribution >= 0.6 is 15.9 Å². The maximum Gasteiger partial charge on any atom is 0.339 e. The van der Waals surface area contributed by atoms with E-state index in [-0.39, 0.29) is 5.56 Å². The lowest BCUT2D eigenvalue weighted by molar-refractivity contribution is 0.0696. The Morgan fingerprint density at radius 3 is 2.84 bits per heavy atom. The van der Waals surface area contributed by atoms with E-state index in [0.717, 1.165) is 15.8 Å². The molecule has 1 heterocycles. The van der Waals surface area contributed by atoms with E-state index in [2.05, 4.69) is 21.0 Å². The molecule has 0 saturated carbocycles. The van der Waals surface area contributed by atoms with Crippen LogP contribution in [0.15, 0.2) is 28.9 Å². The predicted octanol–water partition coefficient (Wildman–Crippen LogP) is 2.71. The molecule has 0 saturated heterocycles. The summed E-state index contributed by atoms with van der Waals surface area (Å²) in [6, 6.07) is 5.63. The van der Waals surface area contributed by atoms with Crippen molar-refractivity contribution in [2.24, 2.45) is 0 Å². The number of carboxylic acids is 1. The van der Waals surface area contributed by atoms with Gasteiger partial charge in [-0.25, -0.2) is 4.79 Å². The quantitative estimate of drug-likeness (QED) is 0.939. The second-order valence-electron chi connectivity index (χ2n) is 4.09. The van der Waals surface area contributed by atoms with Crippen LogP contribution < -0.4 is 4.74 Å². The highest BCUT2D eigenvalue weighted by Crippen LogP contribution is 2.23. The summed E-state index contributed by atoms with van der Waals surface area (Å²) in [6.07, 6.45) is 1.53. The number of ether oxygens (including phenoxy) is 1. The van der Waals surface area contributed by atoms with E-state index in [1.165, 1.54) is 6.20 Å². The average molecular weight is 325 g/mol. The van der Waals surface area contributed by atoms with Crippen LogP contribution in [-0.4, -0.2) is 28.0 Å². The van der Waals surface area contributed by atoms with Crippen LogP contribution in [0.1, 0.15) is 21.6 Å². The Bertz CT molecular complexity index is 622. The molecule has 6 heteroatoms. The van der Waals surface area contributed by atoms with Crippen molar-refractivity contribution < 1.29 is 14.6 Å². The van der Waals surface area contributed by atoms with Crippen molar-refractivity contribution in [1.29, 1.82) is 0 Å². The van der Waals surface area contributed by atoms with Gasteiger partial charge >= 0.3 is 5.97 Å². The molecule has 0 bridgehead atoms. The lowest BCUT2D eigenvalue weighted by Gasteiger charge is -2.07. The number of aromatic carboxylic acids is 1. The summed E-state index contributed by atoms with van der Waals surface area (Å²) in [6.45, 7) is 2.16. The molecule has 0 amide bonds. The van der Waals surface area contributed by atoms with Crippen molar-refractivity contribution >= 4 is 21.9 Å². The summed E-state index contributed by atoms with van der Waals surface area (Å²) >= 11 is 3.46. The van der Waals surface area contributed by atoms with E-state index in [0.29, 0.717) is 12.2 Å². The van der Waals surface area contributed by atoms with Crippen molar-refractivity contribution in [3.8, 4) is 5.75 Å². The highest BCUT2D eigenvalue weighted by Gasteiger charge is 2.12. The van der Waals surface area contributed by atoms with Crippen molar-refractivity contribution in [2.75, 3.05) is 7.11 Å². The summed E-state index contributed by atoms with van der Waals surface area (Å²) in [5.41, 5.74) is 1.70. The first-order valence-electron chi connectivity index (χ1n) is 5.61.